The van der Waals surface area contributed by atoms with Crippen LogP contribution in [0.4, 0.5) is 0 Å². The third-order valence-corrected chi connectivity index (χ3v) is 1.88. The first-order valence-corrected chi connectivity index (χ1v) is 3.43. The lowest BCUT2D eigenvalue weighted by molar-refractivity contribution is 0.215. The molecule has 0 aromatic rings. The van der Waals surface area contributed by atoms with Crippen molar-refractivity contribution in [2.75, 3.05) is 13.2 Å². The van der Waals surface area contributed by atoms with Gasteiger partial charge >= 0.3 is 0 Å². The maximum absolute atomic E-state index is 5.25. The Morgan fingerprint density at radius 3 is 2.11 bits per heavy atom. The summed E-state index contributed by atoms with van der Waals surface area (Å²) in [5, 5.41) is 0. The van der Waals surface area contributed by atoms with Crippen molar-refractivity contribution >= 4 is 0 Å². The molecular weight excluding hydrogens is 112 g/mol. The summed E-state index contributed by atoms with van der Waals surface area (Å²) in [6.45, 7) is 1.71. The van der Waals surface area contributed by atoms with E-state index in [4.69, 9.17) is 4.74 Å². The first-order chi connectivity index (χ1) is 4.47. The molecule has 0 aromatic heterocycles. The summed E-state index contributed by atoms with van der Waals surface area (Å²) in [6.07, 6.45) is 7.01. The average Bonchev–Trinajstić information content (AvgIpc) is 2.33. The average molecular weight is 122 g/mol. The molecule has 2 aliphatic rings. The summed E-state index contributed by atoms with van der Waals surface area (Å²) in [4.78, 5) is 0. The smallest absolute Gasteiger partial charge is 0.0721 e. The maximum Gasteiger partial charge on any atom is 0.0721 e. The van der Waals surface area contributed by atoms with E-state index in [9.17, 15) is 0 Å². The SMILES string of the molecule is C1=C2COCC2=CCC1. The van der Waals surface area contributed by atoms with Gasteiger partial charge in [0.1, 0.15) is 0 Å². The second kappa shape index (κ2) is 1.99. The Balaban J connectivity index is 2.30. The van der Waals surface area contributed by atoms with Gasteiger partial charge in [-0.3, -0.25) is 0 Å². The molecule has 1 aliphatic carbocycles. The van der Waals surface area contributed by atoms with Gasteiger partial charge < -0.3 is 4.74 Å². The highest BCUT2D eigenvalue weighted by Crippen LogP contribution is 2.23. The second-order valence-corrected chi connectivity index (χ2v) is 2.53. The van der Waals surface area contributed by atoms with Crippen LogP contribution in [0, 0.1) is 0 Å². The lowest BCUT2D eigenvalue weighted by atomic mass is 10.0. The van der Waals surface area contributed by atoms with Gasteiger partial charge in [0, 0.05) is 0 Å². The molecule has 1 saturated heterocycles. The van der Waals surface area contributed by atoms with Crippen molar-refractivity contribution in [3.8, 4) is 0 Å². The molecule has 0 unspecified atom stereocenters. The van der Waals surface area contributed by atoms with Crippen LogP contribution in [0.25, 0.3) is 0 Å². The molecule has 1 heteroatoms. The number of rotatable bonds is 0. The minimum absolute atomic E-state index is 0.853. The number of fused-ring (bicyclic) bond motifs is 1. The van der Waals surface area contributed by atoms with E-state index in [0.29, 0.717) is 0 Å². The van der Waals surface area contributed by atoms with Gasteiger partial charge in [-0.15, -0.1) is 0 Å². The van der Waals surface area contributed by atoms with Crippen LogP contribution in [-0.4, -0.2) is 13.2 Å². The van der Waals surface area contributed by atoms with Gasteiger partial charge in [0.25, 0.3) is 0 Å². The fourth-order valence-electron chi connectivity index (χ4n) is 1.35. The Bertz CT molecular complexity index is 157. The van der Waals surface area contributed by atoms with E-state index >= 15 is 0 Å². The molecule has 0 N–H and O–H groups in total. The van der Waals surface area contributed by atoms with Crippen LogP contribution in [0.3, 0.4) is 0 Å². The third-order valence-electron chi connectivity index (χ3n) is 1.88. The van der Waals surface area contributed by atoms with Crippen molar-refractivity contribution in [1.29, 1.82) is 0 Å². The van der Waals surface area contributed by atoms with Gasteiger partial charge in [-0.1, -0.05) is 12.2 Å². The van der Waals surface area contributed by atoms with Crippen molar-refractivity contribution in [2.24, 2.45) is 0 Å². The normalized spacial score (nSPS) is 24.9. The van der Waals surface area contributed by atoms with E-state index < -0.39 is 0 Å². The molecule has 0 saturated carbocycles. The number of hydrogen-bond acceptors (Lipinski definition) is 1. The Labute approximate surface area is 55.0 Å². The standard InChI is InChI=1S/C8H10O/c1-2-4-8-6-9-5-7(8)3-1/h3-4H,1-2,5-6H2. The molecule has 0 aromatic carbocycles. The van der Waals surface area contributed by atoms with E-state index in [-0.39, 0.29) is 0 Å². The van der Waals surface area contributed by atoms with Gasteiger partial charge in [0.15, 0.2) is 0 Å². The number of allylic oxidation sites excluding steroid dienone is 2. The predicted octanol–water partition coefficient (Wildman–Crippen LogP) is 1.66. The molecule has 9 heavy (non-hydrogen) atoms. The molecule has 1 nitrogen and oxygen atoms in total. The summed E-state index contributed by atoms with van der Waals surface area (Å²) < 4.78 is 5.25. The highest BCUT2D eigenvalue weighted by atomic mass is 16.5. The van der Waals surface area contributed by atoms with Crippen molar-refractivity contribution in [3.63, 3.8) is 0 Å². The molecule has 1 fully saturated rings. The van der Waals surface area contributed by atoms with Gasteiger partial charge in [-0.2, -0.15) is 0 Å². The number of hydrogen-bond donors (Lipinski definition) is 0. The first-order valence-electron chi connectivity index (χ1n) is 3.43. The highest BCUT2D eigenvalue weighted by molar-refractivity contribution is 5.37. The Kier molecular flexibility index (Phi) is 1.16. The van der Waals surface area contributed by atoms with Crippen LogP contribution in [0.2, 0.25) is 0 Å². The van der Waals surface area contributed by atoms with Crippen LogP contribution < -0.4 is 0 Å². The van der Waals surface area contributed by atoms with E-state index in [2.05, 4.69) is 12.2 Å². The quantitative estimate of drug-likeness (QED) is 0.475. The van der Waals surface area contributed by atoms with Crippen LogP contribution in [0.5, 0.6) is 0 Å². The van der Waals surface area contributed by atoms with Gasteiger partial charge in [-0.25, -0.2) is 0 Å². The van der Waals surface area contributed by atoms with Crippen molar-refractivity contribution in [1.82, 2.24) is 0 Å². The van der Waals surface area contributed by atoms with Crippen LogP contribution in [-0.2, 0) is 4.74 Å². The summed E-state index contributed by atoms with van der Waals surface area (Å²) >= 11 is 0. The lowest BCUT2D eigenvalue weighted by Crippen LogP contribution is -1.89. The van der Waals surface area contributed by atoms with Crippen molar-refractivity contribution in [3.05, 3.63) is 23.3 Å². The fraction of sp³-hybridized carbons (Fsp3) is 0.500. The summed E-state index contributed by atoms with van der Waals surface area (Å²) in [6, 6.07) is 0. The monoisotopic (exact) mass is 122 g/mol. The molecule has 1 aliphatic heterocycles. The van der Waals surface area contributed by atoms with Crippen LogP contribution >= 0.6 is 0 Å². The molecule has 0 bridgehead atoms. The largest absolute Gasteiger partial charge is 0.372 e. The minimum Gasteiger partial charge on any atom is -0.372 e. The maximum atomic E-state index is 5.25. The van der Waals surface area contributed by atoms with Crippen LogP contribution in [0.1, 0.15) is 12.8 Å². The Morgan fingerprint density at radius 2 is 1.56 bits per heavy atom. The van der Waals surface area contributed by atoms with E-state index in [1.165, 1.54) is 24.0 Å². The van der Waals surface area contributed by atoms with Gasteiger partial charge in [0.2, 0.25) is 0 Å². The van der Waals surface area contributed by atoms with Crippen molar-refractivity contribution in [2.45, 2.75) is 12.8 Å². The lowest BCUT2D eigenvalue weighted by Gasteiger charge is -2.03. The van der Waals surface area contributed by atoms with Crippen LogP contribution in [0.15, 0.2) is 23.3 Å². The summed E-state index contributed by atoms with van der Waals surface area (Å²) in [5.41, 5.74) is 2.86. The minimum atomic E-state index is 0.853. The Morgan fingerprint density at radius 1 is 1.00 bits per heavy atom. The first kappa shape index (κ1) is 5.24. The molecule has 0 amide bonds. The van der Waals surface area contributed by atoms with Gasteiger partial charge in [0.05, 0.1) is 13.2 Å². The van der Waals surface area contributed by atoms with E-state index in [0.717, 1.165) is 13.2 Å². The van der Waals surface area contributed by atoms with E-state index in [1.54, 1.807) is 0 Å². The highest BCUT2D eigenvalue weighted by Gasteiger charge is 2.14. The van der Waals surface area contributed by atoms with E-state index in [1.807, 2.05) is 0 Å². The van der Waals surface area contributed by atoms with Gasteiger partial charge in [-0.05, 0) is 24.0 Å². The number of ether oxygens (including phenoxy) is 1. The molecule has 0 spiro atoms. The molecule has 48 valence electrons. The Hall–Kier alpha value is -0.560. The zero-order valence-corrected chi connectivity index (χ0v) is 5.39. The molecule has 1 heterocycles. The molecule has 0 radical (unpaired) electrons. The predicted molar refractivity (Wildman–Crippen MR) is 36.2 cm³/mol. The third kappa shape index (κ3) is 0.815. The van der Waals surface area contributed by atoms with Crippen molar-refractivity contribution < 1.29 is 4.74 Å². The second-order valence-electron chi connectivity index (χ2n) is 2.53. The molecule has 2 rings (SSSR count). The fourth-order valence-corrected chi connectivity index (χ4v) is 1.35. The summed E-state index contributed by atoms with van der Waals surface area (Å²) in [7, 11) is 0. The molecule has 0 atom stereocenters. The molecular formula is C8H10O. The zero-order chi connectivity index (χ0) is 6.10. The topological polar surface area (TPSA) is 9.23 Å². The summed E-state index contributed by atoms with van der Waals surface area (Å²) in [5.74, 6) is 0. The zero-order valence-electron chi connectivity index (χ0n) is 5.39.